The lowest BCUT2D eigenvalue weighted by molar-refractivity contribution is -0.117. The van der Waals surface area contributed by atoms with Crippen molar-refractivity contribution >= 4 is 17.3 Å². The molecule has 0 amide bonds. The summed E-state index contributed by atoms with van der Waals surface area (Å²) in [5, 5.41) is 2.11. The SMILES string of the molecule is CCOC(=O)c1cccc(NCC(F)(F)C(F)F)c1N. The van der Waals surface area contributed by atoms with Gasteiger partial charge < -0.3 is 15.8 Å². The van der Waals surface area contributed by atoms with Crippen molar-refractivity contribution in [1.29, 1.82) is 0 Å². The van der Waals surface area contributed by atoms with Crippen LogP contribution in [0.2, 0.25) is 0 Å². The first-order chi connectivity index (χ1) is 9.29. The smallest absolute Gasteiger partial charge is 0.340 e. The molecule has 8 heteroatoms. The number of anilines is 2. The minimum atomic E-state index is -4.19. The van der Waals surface area contributed by atoms with Gasteiger partial charge in [0.05, 0.1) is 30.1 Å². The molecule has 1 aromatic rings. The molecule has 0 unspecified atom stereocenters. The predicted octanol–water partition coefficient (Wildman–Crippen LogP) is 2.76. The maximum atomic E-state index is 12.8. The highest BCUT2D eigenvalue weighted by Gasteiger charge is 2.40. The Labute approximate surface area is 112 Å². The predicted molar refractivity (Wildman–Crippen MR) is 66.3 cm³/mol. The van der Waals surface area contributed by atoms with E-state index in [9.17, 15) is 22.4 Å². The van der Waals surface area contributed by atoms with E-state index in [4.69, 9.17) is 10.5 Å². The molecule has 0 heterocycles. The number of nitrogen functional groups attached to an aromatic ring is 1. The van der Waals surface area contributed by atoms with Gasteiger partial charge in [0.15, 0.2) is 0 Å². The number of esters is 1. The molecular weight excluding hydrogens is 280 g/mol. The lowest BCUT2D eigenvalue weighted by atomic mass is 10.1. The molecule has 112 valence electrons. The van der Waals surface area contributed by atoms with E-state index < -0.39 is 24.9 Å². The van der Waals surface area contributed by atoms with Gasteiger partial charge in [-0.1, -0.05) is 6.07 Å². The lowest BCUT2D eigenvalue weighted by Gasteiger charge is -2.18. The number of carbonyl (C=O) groups is 1. The van der Waals surface area contributed by atoms with Crippen molar-refractivity contribution in [2.75, 3.05) is 24.2 Å². The molecule has 0 aromatic heterocycles. The van der Waals surface area contributed by atoms with Gasteiger partial charge in [0.25, 0.3) is 0 Å². The summed E-state index contributed by atoms with van der Waals surface area (Å²) in [5.74, 6) is -4.90. The van der Waals surface area contributed by atoms with Crippen LogP contribution in [0.4, 0.5) is 28.9 Å². The number of halogens is 4. The average Bonchev–Trinajstić information content (AvgIpc) is 2.37. The van der Waals surface area contributed by atoms with Crippen LogP contribution in [-0.2, 0) is 4.74 Å². The summed E-state index contributed by atoms with van der Waals surface area (Å²) in [6, 6.07) is 4.04. The zero-order chi connectivity index (χ0) is 15.3. The number of rotatable bonds is 6. The average molecular weight is 294 g/mol. The van der Waals surface area contributed by atoms with Crippen LogP contribution < -0.4 is 11.1 Å². The third-order valence-electron chi connectivity index (χ3n) is 2.44. The van der Waals surface area contributed by atoms with E-state index in [1.807, 2.05) is 0 Å². The second-order valence-corrected chi connectivity index (χ2v) is 3.90. The van der Waals surface area contributed by atoms with E-state index in [-0.39, 0.29) is 23.5 Å². The fraction of sp³-hybridized carbons (Fsp3) is 0.417. The minimum Gasteiger partial charge on any atom is -0.462 e. The molecule has 0 fully saturated rings. The number of alkyl halides is 4. The molecule has 1 aromatic carbocycles. The number of ether oxygens (including phenoxy) is 1. The van der Waals surface area contributed by atoms with E-state index in [0.717, 1.165) is 0 Å². The largest absolute Gasteiger partial charge is 0.462 e. The van der Waals surface area contributed by atoms with Crippen LogP contribution in [-0.4, -0.2) is 31.5 Å². The summed E-state index contributed by atoms with van der Waals surface area (Å²) in [6.07, 6.45) is -3.79. The molecule has 0 aliphatic carbocycles. The molecular formula is C12H14F4N2O2. The van der Waals surface area contributed by atoms with Crippen molar-refractivity contribution < 1.29 is 27.1 Å². The van der Waals surface area contributed by atoms with Gasteiger partial charge in [-0.05, 0) is 19.1 Å². The standard InChI is InChI=1S/C12H14F4N2O2/c1-2-20-10(19)7-4-3-5-8(9(7)17)18-6-12(15,16)11(13)14/h3-5,11,18H,2,6,17H2,1H3. The van der Waals surface area contributed by atoms with Crippen LogP contribution in [0.1, 0.15) is 17.3 Å². The summed E-state index contributed by atoms with van der Waals surface area (Å²) in [4.78, 5) is 11.5. The first kappa shape index (κ1) is 16.1. The fourth-order valence-corrected chi connectivity index (χ4v) is 1.40. The van der Waals surface area contributed by atoms with E-state index in [1.165, 1.54) is 18.2 Å². The van der Waals surface area contributed by atoms with E-state index in [1.54, 1.807) is 6.92 Å². The summed E-state index contributed by atoms with van der Waals surface area (Å²) in [6.45, 7) is 0.430. The molecule has 0 spiro atoms. The normalized spacial score (nSPS) is 11.5. The van der Waals surface area contributed by atoms with Crippen LogP contribution in [0.15, 0.2) is 18.2 Å². The van der Waals surface area contributed by atoms with Crippen molar-refractivity contribution in [2.24, 2.45) is 0 Å². The van der Waals surface area contributed by atoms with Crippen molar-refractivity contribution in [3.63, 3.8) is 0 Å². The Morgan fingerprint density at radius 3 is 2.65 bits per heavy atom. The van der Waals surface area contributed by atoms with E-state index in [0.29, 0.717) is 0 Å². The Kier molecular flexibility index (Phi) is 5.18. The Bertz CT molecular complexity index is 481. The number of hydrogen-bond donors (Lipinski definition) is 2. The molecule has 20 heavy (non-hydrogen) atoms. The van der Waals surface area contributed by atoms with Crippen LogP contribution >= 0.6 is 0 Å². The third-order valence-corrected chi connectivity index (χ3v) is 2.44. The highest BCUT2D eigenvalue weighted by molar-refractivity contribution is 5.98. The highest BCUT2D eigenvalue weighted by atomic mass is 19.3. The van der Waals surface area contributed by atoms with Gasteiger partial charge in [-0.3, -0.25) is 0 Å². The number of benzene rings is 1. The zero-order valence-corrected chi connectivity index (χ0v) is 10.6. The van der Waals surface area contributed by atoms with Gasteiger partial charge in [0.1, 0.15) is 0 Å². The van der Waals surface area contributed by atoms with Crippen molar-refractivity contribution in [3.8, 4) is 0 Å². The highest BCUT2D eigenvalue weighted by Crippen LogP contribution is 2.27. The Morgan fingerprint density at radius 2 is 2.10 bits per heavy atom. The topological polar surface area (TPSA) is 64.3 Å². The van der Waals surface area contributed by atoms with E-state index in [2.05, 4.69) is 5.32 Å². The first-order valence-electron chi connectivity index (χ1n) is 5.75. The summed E-state index contributed by atoms with van der Waals surface area (Å²) in [5.41, 5.74) is 5.45. The minimum absolute atomic E-state index is 0.0165. The van der Waals surface area contributed by atoms with Gasteiger partial charge in [-0.25, -0.2) is 13.6 Å². The summed E-state index contributed by atoms with van der Waals surface area (Å²) in [7, 11) is 0. The number of nitrogens with one attached hydrogen (secondary N) is 1. The molecule has 0 atom stereocenters. The number of hydrogen-bond acceptors (Lipinski definition) is 4. The molecule has 0 aliphatic heterocycles. The van der Waals surface area contributed by atoms with Gasteiger partial charge in [0, 0.05) is 0 Å². The Hall–Kier alpha value is -1.99. The number of para-hydroxylation sites is 1. The monoisotopic (exact) mass is 294 g/mol. The van der Waals surface area contributed by atoms with Crippen LogP contribution in [0.25, 0.3) is 0 Å². The van der Waals surface area contributed by atoms with Crippen LogP contribution in [0.5, 0.6) is 0 Å². The molecule has 0 radical (unpaired) electrons. The summed E-state index contributed by atoms with van der Waals surface area (Å²) >= 11 is 0. The maximum Gasteiger partial charge on any atom is 0.340 e. The van der Waals surface area contributed by atoms with Crippen LogP contribution in [0.3, 0.4) is 0 Å². The Morgan fingerprint density at radius 1 is 1.45 bits per heavy atom. The van der Waals surface area contributed by atoms with Crippen molar-refractivity contribution in [2.45, 2.75) is 19.3 Å². The molecule has 4 nitrogen and oxygen atoms in total. The van der Waals surface area contributed by atoms with Crippen molar-refractivity contribution in [3.05, 3.63) is 23.8 Å². The molecule has 0 saturated carbocycles. The molecule has 3 N–H and O–H groups in total. The zero-order valence-electron chi connectivity index (χ0n) is 10.6. The maximum absolute atomic E-state index is 12.8. The summed E-state index contributed by atoms with van der Waals surface area (Å²) < 4.78 is 54.4. The van der Waals surface area contributed by atoms with Gasteiger partial charge in [-0.2, -0.15) is 8.78 Å². The quantitative estimate of drug-likeness (QED) is 0.481. The fourth-order valence-electron chi connectivity index (χ4n) is 1.40. The van der Waals surface area contributed by atoms with E-state index >= 15 is 0 Å². The molecule has 0 bridgehead atoms. The third kappa shape index (κ3) is 3.75. The first-order valence-corrected chi connectivity index (χ1v) is 5.75. The van der Waals surface area contributed by atoms with Crippen LogP contribution in [0, 0.1) is 0 Å². The Balaban J connectivity index is 2.87. The molecule has 0 saturated heterocycles. The second kappa shape index (κ2) is 6.44. The van der Waals surface area contributed by atoms with Gasteiger partial charge in [-0.15, -0.1) is 0 Å². The molecule has 1 rings (SSSR count). The number of carbonyl (C=O) groups excluding carboxylic acids is 1. The lowest BCUT2D eigenvalue weighted by Crippen LogP contribution is -2.35. The molecule has 0 aliphatic rings. The van der Waals surface area contributed by atoms with Gasteiger partial charge in [0.2, 0.25) is 0 Å². The number of nitrogens with two attached hydrogens (primary N) is 1. The second-order valence-electron chi connectivity index (χ2n) is 3.90. The van der Waals surface area contributed by atoms with Crippen molar-refractivity contribution in [1.82, 2.24) is 0 Å². The van der Waals surface area contributed by atoms with Gasteiger partial charge >= 0.3 is 18.3 Å².